The van der Waals surface area contributed by atoms with Crippen LogP contribution in [0.2, 0.25) is 0 Å². The standard InChI is InChI=1S/C22H24O3/c23-21(19-11-5-2-6-12-19)17-20(18-9-3-1-4-10-18)14-16-25-22-13-7-8-15-24-22/h1-6,9-12,17,22H,7-8,13-16H2/b20-17+. The molecule has 130 valence electrons. The Bertz CT molecular complexity index is 686. The lowest BCUT2D eigenvalue weighted by Gasteiger charge is -2.23. The molecule has 1 unspecified atom stereocenters. The average Bonchev–Trinajstić information content (AvgIpc) is 2.69. The average molecular weight is 336 g/mol. The summed E-state index contributed by atoms with van der Waals surface area (Å²) in [7, 11) is 0. The molecule has 1 atom stereocenters. The van der Waals surface area contributed by atoms with E-state index >= 15 is 0 Å². The number of rotatable bonds is 7. The van der Waals surface area contributed by atoms with Crippen molar-refractivity contribution in [2.75, 3.05) is 13.2 Å². The summed E-state index contributed by atoms with van der Waals surface area (Å²) in [5.41, 5.74) is 2.75. The van der Waals surface area contributed by atoms with Gasteiger partial charge < -0.3 is 9.47 Å². The zero-order valence-electron chi connectivity index (χ0n) is 14.4. The molecular weight excluding hydrogens is 312 g/mol. The first kappa shape index (κ1) is 17.6. The maximum absolute atomic E-state index is 12.6. The van der Waals surface area contributed by atoms with Gasteiger partial charge in [-0.3, -0.25) is 4.79 Å². The van der Waals surface area contributed by atoms with E-state index in [1.54, 1.807) is 6.08 Å². The van der Waals surface area contributed by atoms with Gasteiger partial charge in [0.25, 0.3) is 0 Å². The van der Waals surface area contributed by atoms with E-state index in [1.807, 2.05) is 60.7 Å². The van der Waals surface area contributed by atoms with Crippen molar-refractivity contribution >= 4 is 11.4 Å². The molecule has 0 amide bonds. The van der Waals surface area contributed by atoms with Crippen molar-refractivity contribution in [3.05, 3.63) is 77.9 Å². The molecule has 1 aliphatic heterocycles. The summed E-state index contributed by atoms with van der Waals surface area (Å²) in [6.07, 6.45) is 5.53. The molecule has 0 bridgehead atoms. The van der Waals surface area contributed by atoms with Crippen LogP contribution in [0.4, 0.5) is 0 Å². The van der Waals surface area contributed by atoms with Gasteiger partial charge in [-0.15, -0.1) is 0 Å². The van der Waals surface area contributed by atoms with Gasteiger partial charge in [0.05, 0.1) is 6.61 Å². The van der Waals surface area contributed by atoms with E-state index in [2.05, 4.69) is 0 Å². The molecule has 0 aliphatic carbocycles. The molecule has 3 nitrogen and oxygen atoms in total. The zero-order valence-corrected chi connectivity index (χ0v) is 14.4. The smallest absolute Gasteiger partial charge is 0.186 e. The predicted octanol–water partition coefficient (Wildman–Crippen LogP) is 4.89. The third-order valence-electron chi connectivity index (χ3n) is 4.32. The van der Waals surface area contributed by atoms with Crippen LogP contribution >= 0.6 is 0 Å². The maximum Gasteiger partial charge on any atom is 0.186 e. The molecule has 1 saturated heterocycles. The monoisotopic (exact) mass is 336 g/mol. The quantitative estimate of drug-likeness (QED) is 0.533. The molecule has 1 aliphatic rings. The Kier molecular flexibility index (Phi) is 6.55. The number of hydrogen-bond donors (Lipinski definition) is 0. The summed E-state index contributed by atoms with van der Waals surface area (Å²) in [6, 6.07) is 19.4. The fraction of sp³-hybridized carbons (Fsp3) is 0.318. The molecule has 3 rings (SSSR count). The lowest BCUT2D eigenvalue weighted by atomic mass is 9.99. The van der Waals surface area contributed by atoms with Crippen LogP contribution < -0.4 is 0 Å². The number of carbonyl (C=O) groups excluding carboxylic acids is 1. The molecule has 3 heteroatoms. The minimum atomic E-state index is -0.101. The predicted molar refractivity (Wildman–Crippen MR) is 99.4 cm³/mol. The highest BCUT2D eigenvalue weighted by atomic mass is 16.7. The number of ether oxygens (including phenoxy) is 2. The van der Waals surface area contributed by atoms with Crippen molar-refractivity contribution < 1.29 is 14.3 Å². The molecule has 1 heterocycles. The summed E-state index contributed by atoms with van der Waals surface area (Å²) < 4.78 is 11.5. The molecule has 2 aromatic rings. The van der Waals surface area contributed by atoms with Crippen molar-refractivity contribution in [3.63, 3.8) is 0 Å². The summed E-state index contributed by atoms with van der Waals surface area (Å²) >= 11 is 0. The fourth-order valence-corrected chi connectivity index (χ4v) is 2.94. The molecular formula is C22H24O3. The SMILES string of the molecule is O=C(/C=C(\CCOC1CCCCO1)c1ccccc1)c1ccccc1. The Hall–Kier alpha value is -2.23. The Morgan fingerprint density at radius 1 is 1.00 bits per heavy atom. The van der Waals surface area contributed by atoms with Crippen molar-refractivity contribution in [3.8, 4) is 0 Å². The van der Waals surface area contributed by atoms with Gasteiger partial charge in [0.2, 0.25) is 0 Å². The lowest BCUT2D eigenvalue weighted by Crippen LogP contribution is -2.22. The van der Waals surface area contributed by atoms with Crippen LogP contribution in [-0.4, -0.2) is 25.3 Å². The maximum atomic E-state index is 12.6. The van der Waals surface area contributed by atoms with Crippen LogP contribution in [0.25, 0.3) is 5.57 Å². The summed E-state index contributed by atoms with van der Waals surface area (Å²) in [4.78, 5) is 12.6. The van der Waals surface area contributed by atoms with Crippen LogP contribution in [0.3, 0.4) is 0 Å². The molecule has 0 aromatic heterocycles. The highest BCUT2D eigenvalue weighted by Gasteiger charge is 2.14. The van der Waals surface area contributed by atoms with Crippen molar-refractivity contribution in [2.24, 2.45) is 0 Å². The van der Waals surface area contributed by atoms with Gasteiger partial charge in [0, 0.05) is 12.2 Å². The van der Waals surface area contributed by atoms with Crippen LogP contribution in [0.15, 0.2) is 66.7 Å². The van der Waals surface area contributed by atoms with E-state index in [0.717, 1.165) is 37.0 Å². The Morgan fingerprint density at radius 3 is 2.32 bits per heavy atom. The normalized spacial score (nSPS) is 18.1. The molecule has 0 spiro atoms. The molecule has 0 radical (unpaired) electrons. The van der Waals surface area contributed by atoms with Gasteiger partial charge >= 0.3 is 0 Å². The van der Waals surface area contributed by atoms with Crippen molar-refractivity contribution in [2.45, 2.75) is 32.0 Å². The Labute approximate surface area is 149 Å². The topological polar surface area (TPSA) is 35.5 Å². The molecule has 2 aromatic carbocycles. The second-order valence-electron chi connectivity index (χ2n) is 6.18. The van der Waals surface area contributed by atoms with Gasteiger partial charge in [-0.2, -0.15) is 0 Å². The summed E-state index contributed by atoms with van der Waals surface area (Å²) in [5, 5.41) is 0. The second kappa shape index (κ2) is 9.30. The molecule has 25 heavy (non-hydrogen) atoms. The first-order valence-electron chi connectivity index (χ1n) is 8.91. The number of hydrogen-bond acceptors (Lipinski definition) is 3. The fourth-order valence-electron chi connectivity index (χ4n) is 2.94. The molecule has 1 fully saturated rings. The number of carbonyl (C=O) groups is 1. The highest BCUT2D eigenvalue weighted by molar-refractivity contribution is 6.08. The van der Waals surface area contributed by atoms with E-state index in [-0.39, 0.29) is 12.1 Å². The van der Waals surface area contributed by atoms with Gasteiger partial charge in [-0.1, -0.05) is 60.7 Å². The third-order valence-corrected chi connectivity index (χ3v) is 4.32. The van der Waals surface area contributed by atoms with Gasteiger partial charge in [-0.25, -0.2) is 0 Å². The van der Waals surface area contributed by atoms with Crippen LogP contribution in [-0.2, 0) is 9.47 Å². The third kappa shape index (κ3) is 5.38. The molecule has 0 N–H and O–H groups in total. The van der Waals surface area contributed by atoms with Gasteiger partial charge in [0.1, 0.15) is 0 Å². The van der Waals surface area contributed by atoms with Crippen molar-refractivity contribution in [1.82, 2.24) is 0 Å². The van der Waals surface area contributed by atoms with E-state index in [9.17, 15) is 4.79 Å². The second-order valence-corrected chi connectivity index (χ2v) is 6.18. The first-order chi connectivity index (χ1) is 12.3. The number of allylic oxidation sites excluding steroid dienone is 1. The van der Waals surface area contributed by atoms with Crippen LogP contribution in [0, 0.1) is 0 Å². The highest BCUT2D eigenvalue weighted by Crippen LogP contribution is 2.21. The zero-order chi connectivity index (χ0) is 17.3. The van der Waals surface area contributed by atoms with Crippen LogP contribution in [0.5, 0.6) is 0 Å². The Balaban J connectivity index is 1.69. The van der Waals surface area contributed by atoms with Crippen molar-refractivity contribution in [1.29, 1.82) is 0 Å². The first-order valence-corrected chi connectivity index (χ1v) is 8.91. The number of benzene rings is 2. The Morgan fingerprint density at radius 2 is 1.68 bits per heavy atom. The van der Waals surface area contributed by atoms with E-state index in [4.69, 9.17) is 9.47 Å². The minimum Gasteiger partial charge on any atom is -0.353 e. The number of ketones is 1. The molecule has 0 saturated carbocycles. The largest absolute Gasteiger partial charge is 0.353 e. The van der Waals surface area contributed by atoms with E-state index in [1.165, 1.54) is 0 Å². The van der Waals surface area contributed by atoms with E-state index in [0.29, 0.717) is 18.6 Å². The minimum absolute atomic E-state index is 0.0216. The van der Waals surface area contributed by atoms with Gasteiger partial charge in [-0.05, 0) is 42.9 Å². The summed E-state index contributed by atoms with van der Waals surface area (Å²) in [6.45, 7) is 1.33. The van der Waals surface area contributed by atoms with E-state index < -0.39 is 0 Å². The van der Waals surface area contributed by atoms with Gasteiger partial charge in [0.15, 0.2) is 12.1 Å². The van der Waals surface area contributed by atoms with Crippen LogP contribution in [0.1, 0.15) is 41.6 Å². The lowest BCUT2D eigenvalue weighted by molar-refractivity contribution is -0.161. The summed E-state index contributed by atoms with van der Waals surface area (Å²) in [5.74, 6) is 0.0216.